The minimum absolute atomic E-state index is 0.102. The number of aliphatic carboxylic acids is 1. The highest BCUT2D eigenvalue weighted by Crippen LogP contribution is 2.20. The van der Waals surface area contributed by atoms with Gasteiger partial charge in [-0.3, -0.25) is 14.4 Å². The fraction of sp³-hybridized carbons (Fsp3) is 0.385. The Morgan fingerprint density at radius 1 is 0.972 bits per heavy atom. The first-order chi connectivity index (χ1) is 17.2. The summed E-state index contributed by atoms with van der Waals surface area (Å²) in [5.74, 6) is -2.57. The second-order valence-electron chi connectivity index (χ2n) is 8.99. The molecular formula is C26H32N4O6. The molecule has 3 amide bonds. The number of amides is 3. The predicted molar refractivity (Wildman–Crippen MR) is 132 cm³/mol. The standard InChI is InChI=1S/C26H32N4O6/c1-16(28-24(33)20(27)14-18-9-11-19(31)12-10-18)23(32)29-21(15-17-6-3-2-4-7-17)25(34)30-13-5-8-22(30)26(35)36/h2-4,6-7,9-12,16,20-22,31H,5,8,13-15,27H2,1H3,(H,28,33)(H,29,32)(H,35,36). The van der Waals surface area contributed by atoms with Crippen molar-refractivity contribution in [2.45, 2.75) is 56.8 Å². The number of likely N-dealkylation sites (tertiary alicyclic amines) is 1. The van der Waals surface area contributed by atoms with Crippen LogP contribution in [0.1, 0.15) is 30.9 Å². The van der Waals surface area contributed by atoms with Gasteiger partial charge >= 0.3 is 5.97 Å². The molecule has 6 N–H and O–H groups in total. The van der Waals surface area contributed by atoms with Gasteiger partial charge in [-0.25, -0.2) is 4.79 Å². The Bertz CT molecular complexity index is 1080. The molecule has 2 aromatic rings. The Hall–Kier alpha value is -3.92. The van der Waals surface area contributed by atoms with E-state index in [4.69, 9.17) is 5.73 Å². The highest BCUT2D eigenvalue weighted by molar-refractivity contribution is 5.94. The normalized spacial score (nSPS) is 17.6. The van der Waals surface area contributed by atoms with Gasteiger partial charge < -0.3 is 31.5 Å². The summed E-state index contributed by atoms with van der Waals surface area (Å²) in [6.45, 7) is 1.79. The van der Waals surface area contributed by atoms with Crippen LogP contribution in [-0.4, -0.2) is 69.5 Å². The van der Waals surface area contributed by atoms with Crippen LogP contribution in [0.5, 0.6) is 5.75 Å². The minimum Gasteiger partial charge on any atom is -0.508 e. The third kappa shape index (κ3) is 7.05. The van der Waals surface area contributed by atoms with E-state index in [1.807, 2.05) is 30.3 Å². The number of rotatable bonds is 10. The average molecular weight is 497 g/mol. The number of nitrogens with two attached hydrogens (primary N) is 1. The number of hydrogen-bond acceptors (Lipinski definition) is 6. The molecule has 1 aliphatic rings. The smallest absolute Gasteiger partial charge is 0.326 e. The van der Waals surface area contributed by atoms with Crippen molar-refractivity contribution >= 4 is 23.7 Å². The van der Waals surface area contributed by atoms with E-state index in [-0.39, 0.29) is 18.6 Å². The summed E-state index contributed by atoms with van der Waals surface area (Å²) >= 11 is 0. The zero-order chi connectivity index (χ0) is 26.2. The third-order valence-corrected chi connectivity index (χ3v) is 6.20. The van der Waals surface area contributed by atoms with Gasteiger partial charge in [-0.2, -0.15) is 0 Å². The van der Waals surface area contributed by atoms with Crippen LogP contribution >= 0.6 is 0 Å². The Balaban J connectivity index is 1.65. The summed E-state index contributed by atoms with van der Waals surface area (Å²) < 4.78 is 0. The SMILES string of the molecule is CC(NC(=O)C(N)Cc1ccc(O)cc1)C(=O)NC(Cc1ccccc1)C(=O)N1CCCC1C(=O)O. The van der Waals surface area contributed by atoms with E-state index in [1.165, 1.54) is 24.0 Å². The number of aromatic hydroxyl groups is 1. The lowest BCUT2D eigenvalue weighted by Gasteiger charge is -2.28. The zero-order valence-electron chi connectivity index (χ0n) is 20.1. The van der Waals surface area contributed by atoms with Gasteiger partial charge in [0.1, 0.15) is 23.9 Å². The van der Waals surface area contributed by atoms with Crippen molar-refractivity contribution in [2.24, 2.45) is 5.73 Å². The second-order valence-corrected chi connectivity index (χ2v) is 8.99. The van der Waals surface area contributed by atoms with Crippen LogP contribution in [0.2, 0.25) is 0 Å². The number of carboxylic acid groups (broad SMARTS) is 1. The molecule has 3 rings (SSSR count). The van der Waals surface area contributed by atoms with Gasteiger partial charge in [0.15, 0.2) is 0 Å². The van der Waals surface area contributed by atoms with Crippen LogP contribution in [-0.2, 0) is 32.0 Å². The molecule has 1 aliphatic heterocycles. The van der Waals surface area contributed by atoms with Crippen molar-refractivity contribution in [3.05, 3.63) is 65.7 Å². The lowest BCUT2D eigenvalue weighted by atomic mass is 10.0. The molecule has 36 heavy (non-hydrogen) atoms. The maximum atomic E-state index is 13.3. The minimum atomic E-state index is -1.08. The number of benzene rings is 2. The largest absolute Gasteiger partial charge is 0.508 e. The molecule has 0 saturated carbocycles. The van der Waals surface area contributed by atoms with Crippen molar-refractivity contribution < 1.29 is 29.4 Å². The number of carboxylic acids is 1. The lowest BCUT2D eigenvalue weighted by Crippen LogP contribution is -2.57. The molecule has 0 aromatic heterocycles. The van der Waals surface area contributed by atoms with Gasteiger partial charge in [0.25, 0.3) is 0 Å². The van der Waals surface area contributed by atoms with E-state index >= 15 is 0 Å². The highest BCUT2D eigenvalue weighted by Gasteiger charge is 2.38. The number of carbonyl (C=O) groups is 4. The first-order valence-corrected chi connectivity index (χ1v) is 11.9. The summed E-state index contributed by atoms with van der Waals surface area (Å²) in [6.07, 6.45) is 1.31. The quantitative estimate of drug-likeness (QED) is 0.321. The molecular weight excluding hydrogens is 464 g/mol. The van der Waals surface area contributed by atoms with E-state index in [0.29, 0.717) is 19.4 Å². The number of phenols is 1. The highest BCUT2D eigenvalue weighted by atomic mass is 16.4. The number of hydrogen-bond donors (Lipinski definition) is 5. The molecule has 192 valence electrons. The van der Waals surface area contributed by atoms with E-state index in [2.05, 4.69) is 10.6 Å². The van der Waals surface area contributed by atoms with Gasteiger partial charge in [0.05, 0.1) is 6.04 Å². The summed E-state index contributed by atoms with van der Waals surface area (Å²) in [4.78, 5) is 51.7. The van der Waals surface area contributed by atoms with Crippen LogP contribution < -0.4 is 16.4 Å². The van der Waals surface area contributed by atoms with Gasteiger partial charge in [-0.05, 0) is 49.4 Å². The van der Waals surface area contributed by atoms with Gasteiger partial charge in [-0.15, -0.1) is 0 Å². The lowest BCUT2D eigenvalue weighted by molar-refractivity contribution is -0.149. The monoisotopic (exact) mass is 496 g/mol. The molecule has 0 spiro atoms. The van der Waals surface area contributed by atoms with Gasteiger partial charge in [-0.1, -0.05) is 42.5 Å². The Morgan fingerprint density at radius 2 is 1.61 bits per heavy atom. The Labute approximate surface area is 209 Å². The summed E-state index contributed by atoms with van der Waals surface area (Å²) in [6, 6.07) is 11.6. The number of carbonyl (C=O) groups excluding carboxylic acids is 3. The van der Waals surface area contributed by atoms with E-state index in [9.17, 15) is 29.4 Å². The van der Waals surface area contributed by atoms with Crippen molar-refractivity contribution in [1.82, 2.24) is 15.5 Å². The van der Waals surface area contributed by atoms with Crippen LogP contribution in [0.15, 0.2) is 54.6 Å². The fourth-order valence-corrected chi connectivity index (χ4v) is 4.20. The van der Waals surface area contributed by atoms with E-state index < -0.39 is 47.9 Å². The zero-order valence-corrected chi connectivity index (χ0v) is 20.1. The maximum absolute atomic E-state index is 13.3. The molecule has 1 saturated heterocycles. The molecule has 2 aromatic carbocycles. The summed E-state index contributed by atoms with van der Waals surface area (Å²) in [7, 11) is 0. The number of nitrogens with one attached hydrogen (secondary N) is 2. The molecule has 0 radical (unpaired) electrons. The third-order valence-electron chi connectivity index (χ3n) is 6.20. The molecule has 0 aliphatic carbocycles. The molecule has 1 heterocycles. The number of phenolic OH excluding ortho intramolecular Hbond substituents is 1. The first kappa shape index (κ1) is 26.7. The van der Waals surface area contributed by atoms with Crippen molar-refractivity contribution in [3.63, 3.8) is 0 Å². The van der Waals surface area contributed by atoms with Crippen molar-refractivity contribution in [1.29, 1.82) is 0 Å². The molecule has 10 heteroatoms. The Kier molecular flexibility index (Phi) is 9.02. The average Bonchev–Trinajstić information content (AvgIpc) is 3.35. The van der Waals surface area contributed by atoms with Crippen molar-refractivity contribution in [3.8, 4) is 5.75 Å². The molecule has 1 fully saturated rings. The van der Waals surface area contributed by atoms with Crippen LogP contribution in [0, 0.1) is 0 Å². The summed E-state index contributed by atoms with van der Waals surface area (Å²) in [5.41, 5.74) is 7.54. The maximum Gasteiger partial charge on any atom is 0.326 e. The second kappa shape index (κ2) is 12.2. The number of nitrogens with zero attached hydrogens (tertiary/aromatic N) is 1. The topological polar surface area (TPSA) is 162 Å². The molecule has 10 nitrogen and oxygen atoms in total. The molecule has 0 bridgehead atoms. The van der Waals surface area contributed by atoms with Gasteiger partial charge in [0, 0.05) is 13.0 Å². The van der Waals surface area contributed by atoms with Crippen LogP contribution in [0.25, 0.3) is 0 Å². The molecule has 4 atom stereocenters. The fourth-order valence-electron chi connectivity index (χ4n) is 4.20. The van der Waals surface area contributed by atoms with E-state index in [1.54, 1.807) is 12.1 Å². The predicted octanol–water partition coefficient (Wildman–Crippen LogP) is 0.570. The first-order valence-electron chi connectivity index (χ1n) is 11.9. The van der Waals surface area contributed by atoms with E-state index in [0.717, 1.165) is 11.1 Å². The van der Waals surface area contributed by atoms with Crippen molar-refractivity contribution in [2.75, 3.05) is 6.54 Å². The summed E-state index contributed by atoms with van der Waals surface area (Å²) in [5, 5.41) is 24.1. The van der Waals surface area contributed by atoms with Crippen LogP contribution in [0.3, 0.4) is 0 Å². The Morgan fingerprint density at radius 3 is 2.25 bits per heavy atom. The van der Waals surface area contributed by atoms with Crippen LogP contribution in [0.4, 0.5) is 0 Å². The molecule has 4 unspecified atom stereocenters. The van der Waals surface area contributed by atoms with Gasteiger partial charge in [0.2, 0.25) is 17.7 Å².